The summed E-state index contributed by atoms with van der Waals surface area (Å²) in [4.78, 5) is 12.8. The van der Waals surface area contributed by atoms with E-state index in [1.54, 1.807) is 0 Å². The molecule has 4 rings (SSSR count). The zero-order valence-corrected chi connectivity index (χ0v) is 32.8. The summed E-state index contributed by atoms with van der Waals surface area (Å²) in [6.45, 7) is 17.3. The maximum atomic E-state index is 12.8. The summed E-state index contributed by atoms with van der Waals surface area (Å²) < 4.78 is 11.8. The van der Waals surface area contributed by atoms with Crippen LogP contribution in [-0.2, 0) is 14.0 Å². The summed E-state index contributed by atoms with van der Waals surface area (Å²) in [5, 5.41) is 0. The zero-order chi connectivity index (χ0) is 33.4. The fourth-order valence-corrected chi connectivity index (χ4v) is 12.4. The van der Waals surface area contributed by atoms with Crippen molar-refractivity contribution in [3.8, 4) is 0 Å². The van der Waals surface area contributed by atoms with Crippen LogP contribution in [0, 0.1) is 52.3 Å². The van der Waals surface area contributed by atoms with E-state index in [0.717, 1.165) is 61.2 Å². The molecule has 0 radical (unpaired) electrons. The van der Waals surface area contributed by atoms with Crippen LogP contribution >= 0.6 is 0 Å². The predicted molar refractivity (Wildman–Crippen MR) is 198 cm³/mol. The van der Waals surface area contributed by atoms with Gasteiger partial charge in [0.25, 0.3) is 0 Å². The van der Waals surface area contributed by atoms with Crippen LogP contribution in [-0.4, -0.2) is 27.5 Å². The molecule has 0 saturated heterocycles. The number of carbonyl (C=O) groups is 1. The second kappa shape index (κ2) is 17.4. The Morgan fingerprint density at radius 1 is 0.783 bits per heavy atom. The number of carbonyl (C=O) groups excluding carboxylic acids is 1. The van der Waals surface area contributed by atoms with E-state index in [4.69, 9.17) is 9.16 Å². The zero-order valence-electron chi connectivity index (χ0n) is 31.8. The van der Waals surface area contributed by atoms with Crippen molar-refractivity contribution in [1.82, 2.24) is 0 Å². The standard InChI is InChI=1S/C42H76O3Si/c1-32(2)19-18-20-33(3)37-24-25-38-36-23-22-34-31-35(26-28-41(34,4)39(36)27-29-42(37,38)5)45-40(43)21-16-14-12-10-9-11-13-15-17-30-46(7,8)44-6/h22-23,32-39H,9-21,24-31H2,1-8H3. The molecule has 0 amide bonds. The van der Waals surface area contributed by atoms with Crippen molar-refractivity contribution in [1.29, 1.82) is 0 Å². The van der Waals surface area contributed by atoms with Crippen molar-refractivity contribution in [2.24, 2.45) is 52.3 Å². The smallest absolute Gasteiger partial charge is 0.306 e. The number of allylic oxidation sites excluding steroid dienone is 2. The van der Waals surface area contributed by atoms with E-state index in [-0.39, 0.29) is 12.1 Å². The molecule has 0 spiro atoms. The van der Waals surface area contributed by atoms with Crippen LogP contribution in [0.5, 0.6) is 0 Å². The molecule has 3 nitrogen and oxygen atoms in total. The Morgan fingerprint density at radius 3 is 2.09 bits per heavy atom. The summed E-state index contributed by atoms with van der Waals surface area (Å²) in [7, 11) is 0.511. The van der Waals surface area contributed by atoms with Crippen LogP contribution in [0.3, 0.4) is 0 Å². The Labute approximate surface area is 287 Å². The average molecular weight is 657 g/mol. The Balaban J connectivity index is 1.14. The third-order valence-electron chi connectivity index (χ3n) is 14.3. The predicted octanol–water partition coefficient (Wildman–Crippen LogP) is 12.5. The monoisotopic (exact) mass is 657 g/mol. The molecule has 46 heavy (non-hydrogen) atoms. The van der Waals surface area contributed by atoms with E-state index in [1.165, 1.54) is 102 Å². The second-order valence-electron chi connectivity index (χ2n) is 18.3. The first-order valence-electron chi connectivity index (χ1n) is 20.3. The van der Waals surface area contributed by atoms with Gasteiger partial charge in [0.05, 0.1) is 0 Å². The number of hydrogen-bond donors (Lipinski definition) is 0. The highest BCUT2D eigenvalue weighted by Gasteiger charge is 2.59. The van der Waals surface area contributed by atoms with Crippen molar-refractivity contribution < 1.29 is 14.0 Å². The SMILES string of the molecule is CO[Si](C)(C)CCCCCCCCCCCC(=O)OC1CCC2(C)C(C=CC3C2CCC2(C)C(C(C)CCCC(C)C)CCC32)C1. The minimum absolute atomic E-state index is 0.0572. The van der Waals surface area contributed by atoms with Gasteiger partial charge in [-0.1, -0.05) is 117 Å². The molecule has 4 heteroatoms. The number of esters is 1. The minimum Gasteiger partial charge on any atom is -0.462 e. The van der Waals surface area contributed by atoms with Gasteiger partial charge in [0.2, 0.25) is 0 Å². The molecular formula is C42H76O3Si. The van der Waals surface area contributed by atoms with Crippen LogP contribution in [0.1, 0.15) is 163 Å². The van der Waals surface area contributed by atoms with Crippen LogP contribution in [0.15, 0.2) is 12.2 Å². The highest BCUT2D eigenvalue weighted by molar-refractivity contribution is 6.71. The fraction of sp³-hybridized carbons (Fsp3) is 0.929. The van der Waals surface area contributed by atoms with Crippen LogP contribution < -0.4 is 0 Å². The lowest BCUT2D eigenvalue weighted by molar-refractivity contribution is -0.155. The van der Waals surface area contributed by atoms with E-state index >= 15 is 0 Å². The summed E-state index contributed by atoms with van der Waals surface area (Å²) in [6.07, 6.45) is 30.8. The maximum absolute atomic E-state index is 12.8. The van der Waals surface area contributed by atoms with Gasteiger partial charge in [-0.3, -0.25) is 4.79 Å². The summed E-state index contributed by atoms with van der Waals surface area (Å²) in [5.74, 6) is 5.70. The molecule has 0 aromatic rings. The van der Waals surface area contributed by atoms with Gasteiger partial charge in [-0.15, -0.1) is 0 Å². The van der Waals surface area contributed by atoms with Gasteiger partial charge in [-0.2, -0.15) is 0 Å². The van der Waals surface area contributed by atoms with E-state index in [0.29, 0.717) is 23.2 Å². The van der Waals surface area contributed by atoms with Gasteiger partial charge in [-0.25, -0.2) is 0 Å². The van der Waals surface area contributed by atoms with Crippen molar-refractivity contribution in [3.05, 3.63) is 12.2 Å². The normalized spacial score (nSPS) is 34.6. The maximum Gasteiger partial charge on any atom is 0.306 e. The number of ether oxygens (including phenoxy) is 1. The minimum atomic E-state index is -1.37. The fourth-order valence-electron chi connectivity index (χ4n) is 11.1. The van der Waals surface area contributed by atoms with Gasteiger partial charge >= 0.3 is 5.97 Å². The Bertz CT molecular complexity index is 959. The number of fused-ring (bicyclic) bond motifs is 5. The second-order valence-corrected chi connectivity index (χ2v) is 22.8. The molecule has 4 aliphatic rings. The first kappa shape index (κ1) is 38.2. The average Bonchev–Trinajstić information content (AvgIpc) is 3.37. The van der Waals surface area contributed by atoms with Crippen LogP contribution in [0.25, 0.3) is 0 Å². The molecule has 4 aliphatic carbocycles. The van der Waals surface area contributed by atoms with E-state index in [1.807, 2.05) is 7.11 Å². The number of rotatable bonds is 19. The highest BCUT2D eigenvalue weighted by Crippen LogP contribution is 2.67. The molecule has 0 aromatic carbocycles. The third-order valence-corrected chi connectivity index (χ3v) is 17.0. The topological polar surface area (TPSA) is 35.5 Å². The highest BCUT2D eigenvalue weighted by atomic mass is 28.4. The molecule has 3 saturated carbocycles. The Morgan fingerprint density at radius 2 is 1.41 bits per heavy atom. The van der Waals surface area contributed by atoms with Gasteiger partial charge in [0.15, 0.2) is 8.32 Å². The molecule has 9 atom stereocenters. The van der Waals surface area contributed by atoms with Crippen molar-refractivity contribution in [3.63, 3.8) is 0 Å². The van der Waals surface area contributed by atoms with Gasteiger partial charge in [0, 0.05) is 13.5 Å². The molecule has 0 heterocycles. The largest absolute Gasteiger partial charge is 0.462 e. The third kappa shape index (κ3) is 9.76. The Kier molecular flexibility index (Phi) is 14.4. The molecule has 0 aliphatic heterocycles. The molecule has 266 valence electrons. The number of hydrogen-bond acceptors (Lipinski definition) is 3. The van der Waals surface area contributed by atoms with Crippen molar-refractivity contribution in [2.45, 2.75) is 188 Å². The lowest BCUT2D eigenvalue weighted by atomic mass is 9.46. The molecule has 9 unspecified atom stereocenters. The van der Waals surface area contributed by atoms with E-state index in [9.17, 15) is 4.79 Å². The van der Waals surface area contributed by atoms with Gasteiger partial charge in [-0.05, 0) is 123 Å². The molecule has 0 aromatic heterocycles. The summed E-state index contributed by atoms with van der Waals surface area (Å²) >= 11 is 0. The van der Waals surface area contributed by atoms with E-state index < -0.39 is 8.32 Å². The molecule has 0 N–H and O–H groups in total. The first-order valence-corrected chi connectivity index (χ1v) is 23.4. The number of unbranched alkanes of at least 4 members (excludes halogenated alkanes) is 8. The summed E-state index contributed by atoms with van der Waals surface area (Å²) in [6, 6.07) is 1.29. The van der Waals surface area contributed by atoms with Crippen LogP contribution in [0.2, 0.25) is 19.1 Å². The first-order chi connectivity index (χ1) is 21.9. The van der Waals surface area contributed by atoms with Gasteiger partial charge in [0.1, 0.15) is 6.10 Å². The molecule has 0 bridgehead atoms. The lowest BCUT2D eigenvalue weighted by Gasteiger charge is -2.59. The van der Waals surface area contributed by atoms with Gasteiger partial charge < -0.3 is 9.16 Å². The lowest BCUT2D eigenvalue weighted by Crippen LogP contribution is -2.52. The Hall–Kier alpha value is -0.613. The quantitative estimate of drug-likeness (QED) is 0.0600. The molecular weight excluding hydrogens is 581 g/mol. The van der Waals surface area contributed by atoms with E-state index in [2.05, 4.69) is 59.9 Å². The molecule has 3 fully saturated rings. The summed E-state index contributed by atoms with van der Waals surface area (Å²) in [5.41, 5.74) is 0.911. The van der Waals surface area contributed by atoms with Crippen molar-refractivity contribution >= 4 is 14.3 Å². The van der Waals surface area contributed by atoms with Crippen LogP contribution in [0.4, 0.5) is 0 Å². The van der Waals surface area contributed by atoms with Crippen molar-refractivity contribution in [2.75, 3.05) is 7.11 Å².